The molecule has 23 heavy (non-hydrogen) atoms. The topological polar surface area (TPSA) is 65.9 Å². The van der Waals surface area contributed by atoms with Crippen LogP contribution < -0.4 is 10.6 Å². The van der Waals surface area contributed by atoms with E-state index in [0.717, 1.165) is 44.3 Å². The molecule has 0 bridgehead atoms. The van der Waals surface area contributed by atoms with Gasteiger partial charge in [-0.25, -0.2) is 0 Å². The maximum absolute atomic E-state index is 9.26. The van der Waals surface area contributed by atoms with E-state index in [4.69, 9.17) is 4.74 Å². The number of benzene rings is 1. The highest BCUT2D eigenvalue weighted by atomic mass is 32.2. The minimum atomic E-state index is 0.0329. The van der Waals surface area contributed by atoms with Gasteiger partial charge in [-0.2, -0.15) is 0 Å². The van der Waals surface area contributed by atoms with Crippen LogP contribution in [0.25, 0.3) is 0 Å². The van der Waals surface area contributed by atoms with Crippen molar-refractivity contribution in [3.63, 3.8) is 0 Å². The SMILES string of the molecule is CN=C(NCCSc1ccccc1)NCC1(CCO)CCOC1. The number of aliphatic imine (C=N–C) groups is 1. The molecule has 0 spiro atoms. The van der Waals surface area contributed by atoms with Crippen LogP contribution >= 0.6 is 11.8 Å². The fraction of sp³-hybridized carbons (Fsp3) is 0.588. The predicted molar refractivity (Wildman–Crippen MR) is 96.1 cm³/mol. The number of nitrogens with one attached hydrogen (secondary N) is 2. The number of aliphatic hydroxyl groups excluding tert-OH is 1. The molecule has 0 radical (unpaired) electrons. The Morgan fingerprint density at radius 3 is 2.83 bits per heavy atom. The van der Waals surface area contributed by atoms with Crippen molar-refractivity contribution >= 4 is 17.7 Å². The molecule has 1 unspecified atom stereocenters. The number of guanidine groups is 1. The third-order valence-corrected chi connectivity index (χ3v) is 5.10. The van der Waals surface area contributed by atoms with Gasteiger partial charge in [0.15, 0.2) is 5.96 Å². The van der Waals surface area contributed by atoms with E-state index in [2.05, 4.69) is 39.9 Å². The lowest BCUT2D eigenvalue weighted by molar-refractivity contribution is 0.127. The lowest BCUT2D eigenvalue weighted by Crippen LogP contribution is -2.45. The van der Waals surface area contributed by atoms with Crippen LogP contribution in [-0.2, 0) is 4.74 Å². The highest BCUT2D eigenvalue weighted by molar-refractivity contribution is 7.99. The van der Waals surface area contributed by atoms with Crippen LogP contribution in [0.5, 0.6) is 0 Å². The van der Waals surface area contributed by atoms with Crippen molar-refractivity contribution in [1.29, 1.82) is 0 Å². The largest absolute Gasteiger partial charge is 0.396 e. The standard InChI is InChI=1S/C17H27N3O2S/c1-18-16(19-9-12-23-15-5-3-2-4-6-15)20-13-17(7-10-21)8-11-22-14-17/h2-6,21H,7-14H2,1H3,(H2,18,19,20). The molecule has 0 amide bonds. The van der Waals surface area contributed by atoms with Crippen molar-refractivity contribution in [2.75, 3.05) is 45.7 Å². The number of hydrogen-bond donors (Lipinski definition) is 3. The van der Waals surface area contributed by atoms with Crippen molar-refractivity contribution in [2.45, 2.75) is 17.7 Å². The van der Waals surface area contributed by atoms with Crippen molar-refractivity contribution in [3.8, 4) is 0 Å². The van der Waals surface area contributed by atoms with E-state index < -0.39 is 0 Å². The van der Waals surface area contributed by atoms with Gasteiger partial charge in [-0.3, -0.25) is 4.99 Å². The second-order valence-corrected chi connectivity index (χ2v) is 6.96. The molecule has 1 saturated heterocycles. The average Bonchev–Trinajstić information content (AvgIpc) is 3.04. The molecule has 0 saturated carbocycles. The molecule has 1 aromatic carbocycles. The Morgan fingerprint density at radius 2 is 2.17 bits per heavy atom. The molecule has 6 heteroatoms. The zero-order valence-corrected chi connectivity index (χ0v) is 14.6. The summed E-state index contributed by atoms with van der Waals surface area (Å²) in [6, 6.07) is 10.4. The fourth-order valence-electron chi connectivity index (χ4n) is 2.66. The first kappa shape index (κ1) is 18.1. The van der Waals surface area contributed by atoms with Gasteiger partial charge in [-0.15, -0.1) is 11.8 Å². The molecular weight excluding hydrogens is 310 g/mol. The first-order valence-electron chi connectivity index (χ1n) is 8.09. The van der Waals surface area contributed by atoms with Gasteiger partial charge in [0.1, 0.15) is 0 Å². The summed E-state index contributed by atoms with van der Waals surface area (Å²) < 4.78 is 5.51. The lowest BCUT2D eigenvalue weighted by atomic mass is 9.84. The zero-order chi connectivity index (χ0) is 16.4. The summed E-state index contributed by atoms with van der Waals surface area (Å²) in [5.41, 5.74) is 0.0329. The van der Waals surface area contributed by atoms with E-state index in [9.17, 15) is 5.11 Å². The Morgan fingerprint density at radius 1 is 1.35 bits per heavy atom. The summed E-state index contributed by atoms with van der Waals surface area (Å²) in [4.78, 5) is 5.55. The van der Waals surface area contributed by atoms with Crippen molar-refractivity contribution in [1.82, 2.24) is 10.6 Å². The second kappa shape index (κ2) is 9.80. The summed E-state index contributed by atoms with van der Waals surface area (Å²) in [5, 5.41) is 16.0. The predicted octanol–water partition coefficient (Wildman–Crippen LogP) is 1.73. The number of nitrogens with zero attached hydrogens (tertiary/aromatic N) is 1. The third kappa shape index (κ3) is 6.05. The smallest absolute Gasteiger partial charge is 0.191 e. The van der Waals surface area contributed by atoms with E-state index in [1.54, 1.807) is 7.05 Å². The van der Waals surface area contributed by atoms with Gasteiger partial charge in [0.05, 0.1) is 6.61 Å². The van der Waals surface area contributed by atoms with Gasteiger partial charge in [0.25, 0.3) is 0 Å². The summed E-state index contributed by atoms with van der Waals surface area (Å²) in [5.74, 6) is 1.79. The van der Waals surface area contributed by atoms with Gasteiger partial charge in [-0.1, -0.05) is 18.2 Å². The number of rotatable bonds is 8. The Kier molecular flexibility index (Phi) is 7.71. The summed E-state index contributed by atoms with van der Waals surface area (Å²) in [6.07, 6.45) is 1.75. The van der Waals surface area contributed by atoms with E-state index in [0.29, 0.717) is 6.61 Å². The molecule has 128 valence electrons. The van der Waals surface area contributed by atoms with Crippen molar-refractivity contribution < 1.29 is 9.84 Å². The molecule has 0 aliphatic carbocycles. The van der Waals surface area contributed by atoms with Gasteiger partial charge < -0.3 is 20.5 Å². The molecule has 0 aromatic heterocycles. The summed E-state index contributed by atoms with van der Waals surface area (Å²) in [7, 11) is 1.78. The fourth-order valence-corrected chi connectivity index (χ4v) is 3.45. The molecule has 5 nitrogen and oxygen atoms in total. The quantitative estimate of drug-likeness (QED) is 0.292. The third-order valence-electron chi connectivity index (χ3n) is 4.09. The van der Waals surface area contributed by atoms with Crippen LogP contribution in [0.4, 0.5) is 0 Å². The van der Waals surface area contributed by atoms with Crippen LogP contribution in [0, 0.1) is 5.41 Å². The maximum Gasteiger partial charge on any atom is 0.191 e. The second-order valence-electron chi connectivity index (χ2n) is 5.79. The van der Waals surface area contributed by atoms with Crippen LogP contribution in [0.15, 0.2) is 40.2 Å². The Hall–Kier alpha value is -1.24. The molecule has 1 aliphatic heterocycles. The summed E-state index contributed by atoms with van der Waals surface area (Å²) in [6.45, 7) is 3.31. The summed E-state index contributed by atoms with van der Waals surface area (Å²) >= 11 is 1.83. The highest BCUT2D eigenvalue weighted by Crippen LogP contribution is 2.31. The molecule has 1 aliphatic rings. The molecule has 1 fully saturated rings. The van der Waals surface area contributed by atoms with Crippen LogP contribution in [0.2, 0.25) is 0 Å². The molecule has 1 heterocycles. The first-order valence-corrected chi connectivity index (χ1v) is 9.07. The zero-order valence-electron chi connectivity index (χ0n) is 13.8. The normalized spacial score (nSPS) is 21.4. The number of hydrogen-bond acceptors (Lipinski definition) is 4. The molecule has 1 aromatic rings. The monoisotopic (exact) mass is 337 g/mol. The number of ether oxygens (including phenoxy) is 1. The Balaban J connectivity index is 1.69. The molecule has 3 N–H and O–H groups in total. The molecule has 2 rings (SSSR count). The molecular formula is C17H27N3O2S. The van der Waals surface area contributed by atoms with Crippen molar-refractivity contribution in [2.24, 2.45) is 10.4 Å². The lowest BCUT2D eigenvalue weighted by Gasteiger charge is -2.27. The maximum atomic E-state index is 9.26. The van der Waals surface area contributed by atoms with Gasteiger partial charge in [0, 0.05) is 49.4 Å². The van der Waals surface area contributed by atoms with Crippen LogP contribution in [0.1, 0.15) is 12.8 Å². The molecule has 1 atom stereocenters. The minimum Gasteiger partial charge on any atom is -0.396 e. The van der Waals surface area contributed by atoms with E-state index >= 15 is 0 Å². The van der Waals surface area contributed by atoms with E-state index in [1.807, 2.05) is 17.8 Å². The van der Waals surface area contributed by atoms with E-state index in [1.165, 1.54) is 4.90 Å². The van der Waals surface area contributed by atoms with Gasteiger partial charge in [0.2, 0.25) is 0 Å². The van der Waals surface area contributed by atoms with Crippen LogP contribution in [-0.4, -0.2) is 56.8 Å². The average molecular weight is 337 g/mol. The first-order chi connectivity index (χ1) is 11.3. The van der Waals surface area contributed by atoms with Crippen molar-refractivity contribution in [3.05, 3.63) is 30.3 Å². The van der Waals surface area contributed by atoms with Gasteiger partial charge in [-0.05, 0) is 25.0 Å². The Labute approximate surface area is 142 Å². The minimum absolute atomic E-state index is 0.0329. The van der Waals surface area contributed by atoms with Gasteiger partial charge >= 0.3 is 0 Å². The highest BCUT2D eigenvalue weighted by Gasteiger charge is 2.34. The Bertz CT molecular complexity index is 476. The number of thioether (sulfide) groups is 1. The van der Waals surface area contributed by atoms with E-state index in [-0.39, 0.29) is 12.0 Å². The number of aliphatic hydroxyl groups is 1. The van der Waals surface area contributed by atoms with Crippen LogP contribution in [0.3, 0.4) is 0 Å².